The standard InChI is InChI=1S/C21H24N6O4/c1-21(2,3)18-7-14(25-26-18)8-22-19(28)11-27-10-15(9-23-27)24-20(29)13-4-5-16-17(6-13)31-12-30-16/h4-7,9-10H,8,11-12H2,1-3H3,(H,22,28)(H,24,29)(H,25,26). The lowest BCUT2D eigenvalue weighted by Crippen LogP contribution is -2.27. The van der Waals surface area contributed by atoms with Gasteiger partial charge in [-0.15, -0.1) is 0 Å². The number of amides is 2. The second-order valence-electron chi connectivity index (χ2n) is 8.25. The molecular weight excluding hydrogens is 400 g/mol. The van der Waals surface area contributed by atoms with Gasteiger partial charge in [0.1, 0.15) is 6.54 Å². The smallest absolute Gasteiger partial charge is 0.255 e. The highest BCUT2D eigenvalue weighted by atomic mass is 16.7. The lowest BCUT2D eigenvalue weighted by Gasteiger charge is -2.13. The minimum atomic E-state index is -0.309. The lowest BCUT2D eigenvalue weighted by atomic mass is 9.92. The molecule has 1 aliphatic rings. The van der Waals surface area contributed by atoms with Crippen LogP contribution in [0.2, 0.25) is 0 Å². The number of ether oxygens (including phenoxy) is 2. The van der Waals surface area contributed by atoms with Crippen molar-refractivity contribution in [3.8, 4) is 11.5 Å². The van der Waals surface area contributed by atoms with Crippen LogP contribution in [-0.2, 0) is 23.3 Å². The number of benzene rings is 1. The van der Waals surface area contributed by atoms with Crippen LogP contribution >= 0.6 is 0 Å². The monoisotopic (exact) mass is 424 g/mol. The number of carbonyl (C=O) groups excluding carboxylic acids is 2. The molecule has 2 aromatic heterocycles. The Morgan fingerprint density at radius 2 is 2.00 bits per heavy atom. The average Bonchev–Trinajstić information content (AvgIpc) is 3.46. The van der Waals surface area contributed by atoms with Gasteiger partial charge in [-0.2, -0.15) is 10.2 Å². The first-order valence-corrected chi connectivity index (χ1v) is 9.83. The molecule has 4 rings (SSSR count). The van der Waals surface area contributed by atoms with Crippen molar-refractivity contribution < 1.29 is 19.1 Å². The predicted molar refractivity (Wildman–Crippen MR) is 112 cm³/mol. The highest BCUT2D eigenvalue weighted by Gasteiger charge is 2.18. The summed E-state index contributed by atoms with van der Waals surface area (Å²) in [5.41, 5.74) is 2.62. The second-order valence-corrected chi connectivity index (χ2v) is 8.25. The summed E-state index contributed by atoms with van der Waals surface area (Å²) in [7, 11) is 0. The summed E-state index contributed by atoms with van der Waals surface area (Å²) < 4.78 is 12.0. The van der Waals surface area contributed by atoms with Gasteiger partial charge in [0.25, 0.3) is 5.91 Å². The molecule has 0 saturated carbocycles. The zero-order chi connectivity index (χ0) is 22.0. The number of nitrogens with one attached hydrogen (secondary N) is 3. The van der Waals surface area contributed by atoms with Crippen molar-refractivity contribution >= 4 is 17.5 Å². The second kappa shape index (κ2) is 8.13. The van der Waals surface area contributed by atoms with Crippen molar-refractivity contribution in [1.29, 1.82) is 0 Å². The van der Waals surface area contributed by atoms with Crippen LogP contribution in [0.25, 0.3) is 0 Å². The van der Waals surface area contributed by atoms with Crippen LogP contribution in [0.3, 0.4) is 0 Å². The number of rotatable bonds is 6. The minimum Gasteiger partial charge on any atom is -0.454 e. The van der Waals surface area contributed by atoms with Gasteiger partial charge in [-0.1, -0.05) is 20.8 Å². The van der Waals surface area contributed by atoms with E-state index in [9.17, 15) is 9.59 Å². The summed E-state index contributed by atoms with van der Waals surface area (Å²) in [5.74, 6) is 0.631. The Balaban J connectivity index is 1.29. The van der Waals surface area contributed by atoms with Crippen LogP contribution in [-0.4, -0.2) is 38.6 Å². The third-order valence-corrected chi connectivity index (χ3v) is 4.71. The third-order valence-electron chi connectivity index (χ3n) is 4.71. The molecule has 1 aliphatic heterocycles. The normalized spacial score (nSPS) is 12.6. The maximum Gasteiger partial charge on any atom is 0.255 e. The van der Waals surface area contributed by atoms with E-state index in [2.05, 4.69) is 46.7 Å². The Labute approximate surface area is 178 Å². The molecule has 0 saturated heterocycles. The fourth-order valence-electron chi connectivity index (χ4n) is 2.99. The topological polar surface area (TPSA) is 123 Å². The number of aromatic amines is 1. The zero-order valence-corrected chi connectivity index (χ0v) is 17.6. The third kappa shape index (κ3) is 4.85. The van der Waals surface area contributed by atoms with E-state index in [1.165, 1.54) is 10.9 Å². The van der Waals surface area contributed by atoms with Gasteiger partial charge in [-0.25, -0.2) is 0 Å². The van der Waals surface area contributed by atoms with Gasteiger partial charge < -0.3 is 20.1 Å². The number of anilines is 1. The van der Waals surface area contributed by atoms with Crippen LogP contribution in [0.15, 0.2) is 36.7 Å². The Bertz CT molecular complexity index is 1110. The molecule has 1 aromatic carbocycles. The number of nitrogens with zero attached hydrogens (tertiary/aromatic N) is 3. The number of fused-ring (bicyclic) bond motifs is 1. The summed E-state index contributed by atoms with van der Waals surface area (Å²) >= 11 is 0. The Morgan fingerprint density at radius 3 is 2.77 bits per heavy atom. The molecule has 0 fully saturated rings. The SMILES string of the molecule is CC(C)(C)c1cc(CNC(=O)Cn2cc(NC(=O)c3ccc4c(c3)OCO4)cn2)[nH]n1. The van der Waals surface area contributed by atoms with Crippen molar-refractivity contribution in [2.45, 2.75) is 39.3 Å². The summed E-state index contributed by atoms with van der Waals surface area (Å²) in [6.07, 6.45) is 3.08. The molecule has 0 bridgehead atoms. The molecule has 0 atom stereocenters. The summed E-state index contributed by atoms with van der Waals surface area (Å²) in [5, 5.41) is 16.9. The summed E-state index contributed by atoms with van der Waals surface area (Å²) in [6, 6.07) is 6.91. The van der Waals surface area contributed by atoms with E-state index in [1.807, 2.05) is 6.07 Å². The van der Waals surface area contributed by atoms with Gasteiger partial charge in [-0.3, -0.25) is 19.4 Å². The van der Waals surface area contributed by atoms with E-state index < -0.39 is 0 Å². The molecule has 2 amide bonds. The van der Waals surface area contributed by atoms with Gasteiger partial charge >= 0.3 is 0 Å². The van der Waals surface area contributed by atoms with E-state index >= 15 is 0 Å². The van der Waals surface area contributed by atoms with Crippen LogP contribution in [0, 0.1) is 0 Å². The van der Waals surface area contributed by atoms with E-state index in [4.69, 9.17) is 9.47 Å². The first-order chi connectivity index (χ1) is 14.8. The Morgan fingerprint density at radius 1 is 1.19 bits per heavy atom. The van der Waals surface area contributed by atoms with E-state index in [0.717, 1.165) is 11.4 Å². The van der Waals surface area contributed by atoms with E-state index in [0.29, 0.717) is 29.3 Å². The molecule has 0 unspecified atom stereocenters. The fourth-order valence-corrected chi connectivity index (χ4v) is 2.99. The predicted octanol–water partition coefficient (Wildman–Crippen LogP) is 2.20. The van der Waals surface area contributed by atoms with Crippen molar-refractivity contribution in [2.24, 2.45) is 0 Å². The highest BCUT2D eigenvalue weighted by molar-refractivity contribution is 6.04. The van der Waals surface area contributed by atoms with Crippen molar-refractivity contribution in [3.05, 3.63) is 53.6 Å². The van der Waals surface area contributed by atoms with E-state index in [-0.39, 0.29) is 30.6 Å². The molecule has 10 nitrogen and oxygen atoms in total. The van der Waals surface area contributed by atoms with Crippen LogP contribution < -0.4 is 20.1 Å². The van der Waals surface area contributed by atoms with Gasteiger partial charge in [0.05, 0.1) is 29.8 Å². The molecule has 0 spiro atoms. The minimum absolute atomic E-state index is 0.0279. The maximum atomic E-state index is 12.4. The number of hydrogen-bond donors (Lipinski definition) is 3. The first kappa shape index (κ1) is 20.5. The lowest BCUT2D eigenvalue weighted by molar-refractivity contribution is -0.122. The first-order valence-electron chi connectivity index (χ1n) is 9.83. The van der Waals surface area contributed by atoms with Crippen molar-refractivity contribution in [2.75, 3.05) is 12.1 Å². The quantitative estimate of drug-likeness (QED) is 0.557. The van der Waals surface area contributed by atoms with Gasteiger partial charge in [-0.05, 0) is 24.3 Å². The molecular formula is C21H24N6O4. The molecule has 3 N–H and O–H groups in total. The van der Waals surface area contributed by atoms with Crippen molar-refractivity contribution in [3.63, 3.8) is 0 Å². The fraction of sp³-hybridized carbons (Fsp3) is 0.333. The molecule has 0 aliphatic carbocycles. The van der Waals surface area contributed by atoms with E-state index in [1.54, 1.807) is 24.4 Å². The maximum absolute atomic E-state index is 12.4. The van der Waals surface area contributed by atoms with Crippen LogP contribution in [0.4, 0.5) is 5.69 Å². The van der Waals surface area contributed by atoms with Gasteiger partial charge in [0, 0.05) is 17.2 Å². The van der Waals surface area contributed by atoms with Gasteiger partial charge in [0.2, 0.25) is 12.7 Å². The van der Waals surface area contributed by atoms with Crippen LogP contribution in [0.5, 0.6) is 11.5 Å². The molecule has 162 valence electrons. The largest absolute Gasteiger partial charge is 0.454 e. The number of H-pyrrole nitrogens is 1. The number of carbonyl (C=O) groups is 2. The molecule has 0 radical (unpaired) electrons. The van der Waals surface area contributed by atoms with Crippen LogP contribution in [0.1, 0.15) is 42.5 Å². The molecule has 10 heteroatoms. The van der Waals surface area contributed by atoms with Crippen molar-refractivity contribution in [1.82, 2.24) is 25.3 Å². The zero-order valence-electron chi connectivity index (χ0n) is 17.6. The Hall–Kier alpha value is -3.82. The number of aromatic nitrogens is 4. The summed E-state index contributed by atoms with van der Waals surface area (Å²) in [6.45, 7) is 6.74. The molecule has 3 aromatic rings. The van der Waals surface area contributed by atoms with Gasteiger partial charge in [0.15, 0.2) is 11.5 Å². The average molecular weight is 424 g/mol. The molecule has 3 heterocycles. The Kier molecular flexibility index (Phi) is 5.37. The molecule has 31 heavy (non-hydrogen) atoms. The summed E-state index contributed by atoms with van der Waals surface area (Å²) in [4.78, 5) is 24.7. The highest BCUT2D eigenvalue weighted by Crippen LogP contribution is 2.32. The number of hydrogen-bond acceptors (Lipinski definition) is 6.